The van der Waals surface area contributed by atoms with Crippen LogP contribution in [0.2, 0.25) is 0 Å². The van der Waals surface area contributed by atoms with E-state index < -0.39 is 35.1 Å². The van der Waals surface area contributed by atoms with Crippen molar-refractivity contribution in [2.24, 2.45) is 0 Å². The van der Waals surface area contributed by atoms with Crippen LogP contribution in [-0.4, -0.2) is 57.8 Å². The summed E-state index contributed by atoms with van der Waals surface area (Å²) in [4.78, 5) is 12.1. The number of hydrogen-bond acceptors (Lipinski definition) is 8. The Hall–Kier alpha value is -0.780. The summed E-state index contributed by atoms with van der Waals surface area (Å²) < 4.78 is 32.5. The van der Waals surface area contributed by atoms with Gasteiger partial charge in [0, 0.05) is 6.42 Å². The minimum Gasteiger partial charge on any atom is -0.379 e. The van der Waals surface area contributed by atoms with Crippen molar-refractivity contribution in [3.05, 3.63) is 0 Å². The maximum atomic E-state index is 10.9. The van der Waals surface area contributed by atoms with E-state index in [0.29, 0.717) is 6.42 Å². The highest BCUT2D eigenvalue weighted by Gasteiger charge is 2.20. The van der Waals surface area contributed by atoms with E-state index in [9.17, 15) is 13.2 Å². The van der Waals surface area contributed by atoms with Crippen LogP contribution in [0.25, 0.3) is 0 Å². The molecule has 0 aliphatic heterocycles. The minimum absolute atomic E-state index is 0.0373. The van der Waals surface area contributed by atoms with E-state index >= 15 is 0 Å². The molecule has 0 spiro atoms. The number of aliphatic hydroxyl groups excluding tert-OH is 3. The average molecular weight is 430 g/mol. The Morgan fingerprint density at radius 3 is 1.46 bits per heavy atom. The first-order valence-corrected chi connectivity index (χ1v) is 11.3. The Morgan fingerprint density at radius 2 is 1.18 bits per heavy atom. The molecule has 0 amide bonds. The molecule has 4 N–H and O–H groups in total. The van der Waals surface area contributed by atoms with Crippen LogP contribution in [0.5, 0.6) is 0 Å². The molecule has 0 rings (SSSR count). The molecule has 0 aromatic heterocycles. The molecule has 170 valence electrons. The third kappa shape index (κ3) is 20.0. The highest BCUT2D eigenvalue weighted by atomic mass is 32.3. The number of unbranched alkanes of at least 4 members (excludes halogenated alkanes) is 8. The molecule has 3 unspecified atom stereocenters. The van der Waals surface area contributed by atoms with Crippen molar-refractivity contribution >= 4 is 16.4 Å². The smallest absolute Gasteiger partial charge is 0.379 e. The van der Waals surface area contributed by atoms with Crippen molar-refractivity contribution in [3.8, 4) is 0 Å². The average Bonchev–Trinajstić information content (AvgIpc) is 2.51. The predicted octanol–water partition coefficient (Wildman–Crippen LogP) is 2.56. The zero-order chi connectivity index (χ0) is 22.2. The Morgan fingerprint density at radius 1 is 0.821 bits per heavy atom. The van der Waals surface area contributed by atoms with Crippen molar-refractivity contribution < 1.29 is 37.3 Å². The normalized spacial score (nSPS) is 14.8. The van der Waals surface area contributed by atoms with Crippen LogP contribution in [0.1, 0.15) is 91.9 Å². The summed E-state index contributed by atoms with van der Waals surface area (Å²) in [6, 6.07) is 0. The largest absolute Gasteiger partial charge is 0.448 e. The van der Waals surface area contributed by atoms with E-state index in [0.717, 1.165) is 19.3 Å². The van der Waals surface area contributed by atoms with Crippen LogP contribution in [0.3, 0.4) is 0 Å². The van der Waals surface area contributed by atoms with Crippen LogP contribution < -0.4 is 0 Å². The fraction of sp³-hybridized carbons (Fsp3) is 0.944. The topological polar surface area (TPSA) is 145 Å². The predicted molar refractivity (Wildman–Crippen MR) is 106 cm³/mol. The van der Waals surface area contributed by atoms with Gasteiger partial charge in [0.2, 0.25) is 0 Å². The molecule has 0 aliphatic carbocycles. The third-order valence-electron chi connectivity index (χ3n) is 3.98. The van der Waals surface area contributed by atoms with Gasteiger partial charge in [-0.3, -0.25) is 9.35 Å². The molecule has 0 aliphatic rings. The van der Waals surface area contributed by atoms with Gasteiger partial charge in [0.05, 0.1) is 0 Å². The summed E-state index contributed by atoms with van der Waals surface area (Å²) in [6.07, 6.45) is 7.53. The van der Waals surface area contributed by atoms with Crippen LogP contribution in [0.15, 0.2) is 0 Å². The molecular formula is C18H39NO8S. The first-order valence-electron chi connectivity index (χ1n) is 9.93. The highest BCUT2D eigenvalue weighted by Crippen LogP contribution is 2.11. The fourth-order valence-corrected chi connectivity index (χ4v) is 2.99. The lowest BCUT2D eigenvalue weighted by Gasteiger charge is -2.30. The maximum absolute atomic E-state index is 10.9. The van der Waals surface area contributed by atoms with Gasteiger partial charge >= 0.3 is 16.4 Å². The van der Waals surface area contributed by atoms with Gasteiger partial charge < -0.3 is 19.5 Å². The monoisotopic (exact) mass is 429 g/mol. The summed E-state index contributed by atoms with van der Waals surface area (Å²) in [6.45, 7) is 6.64. The Kier molecular flexibility index (Phi) is 18.0. The van der Waals surface area contributed by atoms with Gasteiger partial charge in [-0.1, -0.05) is 58.3 Å². The molecule has 10 heteroatoms. The number of carbonyl (C=O) groups excluding carboxylic acids is 1. The van der Waals surface area contributed by atoms with Gasteiger partial charge in [-0.05, 0) is 27.2 Å². The van der Waals surface area contributed by atoms with Crippen molar-refractivity contribution in [2.45, 2.75) is 111 Å². The lowest BCUT2D eigenvalue weighted by molar-refractivity contribution is -0.159. The first-order chi connectivity index (χ1) is 12.9. The van der Waals surface area contributed by atoms with E-state index in [1.807, 2.05) is 0 Å². The lowest BCUT2D eigenvalue weighted by Crippen LogP contribution is -2.45. The molecule has 9 nitrogen and oxygen atoms in total. The van der Waals surface area contributed by atoms with E-state index in [4.69, 9.17) is 19.9 Å². The first kappa shape index (κ1) is 29.4. The second-order valence-corrected chi connectivity index (χ2v) is 7.83. The van der Waals surface area contributed by atoms with Crippen molar-refractivity contribution in [2.75, 3.05) is 0 Å². The molecular weight excluding hydrogens is 390 g/mol. The van der Waals surface area contributed by atoms with Gasteiger partial charge in [-0.2, -0.15) is 8.42 Å². The molecule has 0 bridgehead atoms. The molecule has 0 saturated carbocycles. The molecule has 28 heavy (non-hydrogen) atoms. The van der Waals surface area contributed by atoms with Crippen LogP contribution >= 0.6 is 0 Å². The Bertz CT molecular complexity index is 461. The molecule has 0 heterocycles. The quantitative estimate of drug-likeness (QED) is 0.186. The van der Waals surface area contributed by atoms with Crippen molar-refractivity contribution in [1.29, 1.82) is 0 Å². The molecule has 0 fully saturated rings. The lowest BCUT2D eigenvalue weighted by atomic mass is 10.1. The number of aliphatic hydroxyl groups is 3. The summed E-state index contributed by atoms with van der Waals surface area (Å²) in [7, 11) is -4.63. The molecule has 3 atom stereocenters. The standard InChI is InChI=1S/C12H24O5S.C6H15NO3/c1-2-3-4-5-6-7-8-9-10-11-12(13)17-18(14,15)16;1-4(8)7(5(2)9)6(3)10/h2-11H2,1H3,(H,14,15,16);4-6,8-10H,1-3H3. The van der Waals surface area contributed by atoms with E-state index in [-0.39, 0.29) is 6.42 Å². The van der Waals surface area contributed by atoms with E-state index in [1.54, 1.807) is 0 Å². The third-order valence-corrected chi connectivity index (χ3v) is 4.37. The Balaban J connectivity index is 0. The zero-order valence-electron chi connectivity index (χ0n) is 17.6. The van der Waals surface area contributed by atoms with Crippen LogP contribution in [-0.2, 0) is 19.4 Å². The van der Waals surface area contributed by atoms with E-state index in [2.05, 4.69) is 11.1 Å². The van der Waals surface area contributed by atoms with Gasteiger partial charge in [0.25, 0.3) is 0 Å². The number of nitrogens with zero attached hydrogens (tertiary/aromatic N) is 1. The molecule has 0 aromatic rings. The molecule has 0 radical (unpaired) electrons. The van der Waals surface area contributed by atoms with Gasteiger partial charge in [-0.15, -0.1) is 0 Å². The SMILES string of the molecule is CC(O)N(C(C)O)C(C)O.CCCCCCCCCCCC(=O)OS(=O)(=O)O. The van der Waals surface area contributed by atoms with Gasteiger partial charge in [0.1, 0.15) is 18.7 Å². The second kappa shape index (κ2) is 17.1. The van der Waals surface area contributed by atoms with Crippen LogP contribution in [0, 0.1) is 0 Å². The summed E-state index contributed by atoms with van der Waals surface area (Å²) >= 11 is 0. The zero-order valence-corrected chi connectivity index (χ0v) is 18.4. The van der Waals surface area contributed by atoms with Crippen LogP contribution in [0.4, 0.5) is 0 Å². The molecule has 0 aromatic carbocycles. The van der Waals surface area contributed by atoms with Crippen molar-refractivity contribution in [3.63, 3.8) is 0 Å². The Labute approximate surface area is 169 Å². The van der Waals surface area contributed by atoms with Crippen molar-refractivity contribution in [1.82, 2.24) is 4.90 Å². The minimum atomic E-state index is -4.63. The summed E-state index contributed by atoms with van der Waals surface area (Å²) in [5.74, 6) is -0.888. The number of carbonyl (C=O) groups is 1. The van der Waals surface area contributed by atoms with Gasteiger partial charge in [-0.25, -0.2) is 4.90 Å². The molecule has 0 saturated heterocycles. The van der Waals surface area contributed by atoms with E-state index in [1.165, 1.54) is 57.8 Å². The highest BCUT2D eigenvalue weighted by molar-refractivity contribution is 7.81. The summed E-state index contributed by atoms with van der Waals surface area (Å²) in [5.41, 5.74) is 0. The summed E-state index contributed by atoms with van der Waals surface area (Å²) in [5, 5.41) is 26.9. The maximum Gasteiger partial charge on any atom is 0.448 e. The number of hydrogen-bond donors (Lipinski definition) is 4. The fourth-order valence-electron chi connectivity index (χ4n) is 2.68. The second-order valence-electron chi connectivity index (χ2n) is 6.80. The number of rotatable bonds is 14. The van der Waals surface area contributed by atoms with Gasteiger partial charge in [0.15, 0.2) is 0 Å².